The van der Waals surface area contributed by atoms with Gasteiger partial charge in [-0.1, -0.05) is 12.1 Å². The van der Waals surface area contributed by atoms with Crippen LogP contribution in [0.3, 0.4) is 0 Å². The van der Waals surface area contributed by atoms with Crippen LogP contribution < -0.4 is 5.32 Å². The minimum absolute atomic E-state index is 0.0346. The summed E-state index contributed by atoms with van der Waals surface area (Å²) in [6.07, 6.45) is -3.74. The van der Waals surface area contributed by atoms with Gasteiger partial charge in [0.05, 0.1) is 17.5 Å². The standard InChI is InChI=1S/C19H24F3N3O2/c1-12-11-25(10-9-23-12)18(27)15-7-8-16(26)24(2)17(15)13-3-5-14(6-4-13)19(20,21)22/h3-6,12,15,17,23H,7-11H2,1-2H3/t12-,15-,17-/m1/s1. The molecule has 3 atom stereocenters. The van der Waals surface area contributed by atoms with Gasteiger partial charge in [0, 0.05) is 39.1 Å². The van der Waals surface area contributed by atoms with Crippen LogP contribution in [0.25, 0.3) is 0 Å². The summed E-state index contributed by atoms with van der Waals surface area (Å²) in [4.78, 5) is 28.7. The molecule has 0 saturated carbocycles. The first-order chi connectivity index (χ1) is 12.7. The molecule has 3 rings (SSSR count). The Balaban J connectivity index is 1.88. The number of nitrogens with zero attached hydrogens (tertiary/aromatic N) is 2. The number of halogens is 3. The summed E-state index contributed by atoms with van der Waals surface area (Å²) in [5, 5.41) is 3.28. The monoisotopic (exact) mass is 383 g/mol. The van der Waals surface area contributed by atoms with Crippen LogP contribution in [0.2, 0.25) is 0 Å². The number of carbonyl (C=O) groups is 2. The van der Waals surface area contributed by atoms with E-state index in [0.29, 0.717) is 31.6 Å². The zero-order valence-corrected chi connectivity index (χ0v) is 15.4. The Kier molecular flexibility index (Phi) is 5.46. The van der Waals surface area contributed by atoms with Crippen molar-refractivity contribution >= 4 is 11.8 Å². The van der Waals surface area contributed by atoms with Crippen molar-refractivity contribution < 1.29 is 22.8 Å². The highest BCUT2D eigenvalue weighted by Crippen LogP contribution is 2.38. The third kappa shape index (κ3) is 4.10. The van der Waals surface area contributed by atoms with E-state index in [1.807, 2.05) is 6.92 Å². The molecule has 2 fully saturated rings. The Bertz CT molecular complexity index is 705. The van der Waals surface area contributed by atoms with E-state index in [2.05, 4.69) is 5.32 Å². The topological polar surface area (TPSA) is 52.7 Å². The maximum absolute atomic E-state index is 13.1. The van der Waals surface area contributed by atoms with Crippen LogP contribution in [-0.2, 0) is 15.8 Å². The van der Waals surface area contributed by atoms with Crippen molar-refractivity contribution in [1.82, 2.24) is 15.1 Å². The van der Waals surface area contributed by atoms with Gasteiger partial charge >= 0.3 is 6.18 Å². The van der Waals surface area contributed by atoms with E-state index in [4.69, 9.17) is 0 Å². The van der Waals surface area contributed by atoms with Crippen LogP contribution in [0, 0.1) is 5.92 Å². The Labute approximate surface area is 156 Å². The molecule has 27 heavy (non-hydrogen) atoms. The van der Waals surface area contributed by atoms with E-state index in [1.165, 1.54) is 17.0 Å². The molecule has 0 spiro atoms. The van der Waals surface area contributed by atoms with Crippen molar-refractivity contribution in [2.75, 3.05) is 26.7 Å². The maximum atomic E-state index is 13.1. The van der Waals surface area contributed by atoms with E-state index in [1.54, 1.807) is 11.9 Å². The lowest BCUT2D eigenvalue weighted by Crippen LogP contribution is -2.55. The summed E-state index contributed by atoms with van der Waals surface area (Å²) < 4.78 is 38.6. The molecule has 0 radical (unpaired) electrons. The number of hydrogen-bond donors (Lipinski definition) is 1. The van der Waals surface area contributed by atoms with Crippen molar-refractivity contribution in [1.29, 1.82) is 0 Å². The van der Waals surface area contributed by atoms with Crippen molar-refractivity contribution in [2.24, 2.45) is 5.92 Å². The van der Waals surface area contributed by atoms with Gasteiger partial charge in [0.2, 0.25) is 11.8 Å². The van der Waals surface area contributed by atoms with Gasteiger partial charge in [0.15, 0.2) is 0 Å². The first-order valence-electron chi connectivity index (χ1n) is 9.13. The minimum atomic E-state index is -4.42. The summed E-state index contributed by atoms with van der Waals surface area (Å²) in [7, 11) is 1.62. The summed E-state index contributed by atoms with van der Waals surface area (Å²) in [5.41, 5.74) is -0.185. The van der Waals surface area contributed by atoms with Gasteiger partial charge in [-0.05, 0) is 31.0 Å². The molecule has 1 aromatic rings. The molecule has 2 amide bonds. The molecule has 0 unspecified atom stereocenters. The first kappa shape index (κ1) is 19.7. The van der Waals surface area contributed by atoms with Gasteiger partial charge in [0.1, 0.15) is 0 Å². The summed E-state index contributed by atoms with van der Waals surface area (Å²) in [6, 6.07) is 4.42. The van der Waals surface area contributed by atoms with Gasteiger partial charge in [-0.15, -0.1) is 0 Å². The van der Waals surface area contributed by atoms with Crippen molar-refractivity contribution in [3.8, 4) is 0 Å². The lowest BCUT2D eigenvalue weighted by molar-refractivity contribution is -0.147. The van der Waals surface area contributed by atoms with Crippen LogP contribution >= 0.6 is 0 Å². The Morgan fingerprint density at radius 1 is 1.22 bits per heavy atom. The SMILES string of the molecule is C[C@@H]1CN(C(=O)[C@@H]2CCC(=O)N(C)[C@@H]2c2ccc(C(F)(F)F)cc2)CCN1. The third-order valence-corrected chi connectivity index (χ3v) is 5.44. The van der Waals surface area contributed by atoms with Gasteiger partial charge in [-0.25, -0.2) is 0 Å². The van der Waals surface area contributed by atoms with E-state index in [9.17, 15) is 22.8 Å². The molecular weight excluding hydrogens is 359 g/mol. The average Bonchev–Trinajstić information content (AvgIpc) is 2.62. The number of piperazine rings is 1. The zero-order valence-electron chi connectivity index (χ0n) is 15.4. The fourth-order valence-corrected chi connectivity index (χ4v) is 3.99. The third-order valence-electron chi connectivity index (χ3n) is 5.44. The van der Waals surface area contributed by atoms with Crippen LogP contribution in [0.1, 0.15) is 36.9 Å². The first-order valence-corrected chi connectivity index (χ1v) is 9.13. The second kappa shape index (κ2) is 7.50. The quantitative estimate of drug-likeness (QED) is 0.854. The van der Waals surface area contributed by atoms with Crippen LogP contribution in [0.5, 0.6) is 0 Å². The molecule has 2 saturated heterocycles. The number of piperidine rings is 1. The molecule has 1 N–H and O–H groups in total. The molecule has 2 aliphatic rings. The van der Waals surface area contributed by atoms with E-state index in [-0.39, 0.29) is 24.3 Å². The fraction of sp³-hybridized carbons (Fsp3) is 0.579. The summed E-state index contributed by atoms with van der Waals surface area (Å²) in [5.74, 6) is -0.583. The van der Waals surface area contributed by atoms with Gasteiger partial charge in [-0.2, -0.15) is 13.2 Å². The molecule has 0 bridgehead atoms. The van der Waals surface area contributed by atoms with Crippen molar-refractivity contribution in [3.63, 3.8) is 0 Å². The predicted octanol–water partition coefficient (Wildman–Crippen LogP) is 2.44. The van der Waals surface area contributed by atoms with E-state index >= 15 is 0 Å². The van der Waals surface area contributed by atoms with E-state index < -0.39 is 23.7 Å². The average molecular weight is 383 g/mol. The molecular formula is C19H24F3N3O2. The second-order valence-electron chi connectivity index (χ2n) is 7.35. The van der Waals surface area contributed by atoms with Gasteiger partial charge in [-0.3, -0.25) is 9.59 Å². The van der Waals surface area contributed by atoms with Crippen LogP contribution in [0.4, 0.5) is 13.2 Å². The Morgan fingerprint density at radius 3 is 2.48 bits per heavy atom. The van der Waals surface area contributed by atoms with Gasteiger partial charge < -0.3 is 15.1 Å². The number of likely N-dealkylation sites (tertiary alicyclic amines) is 1. The Hall–Kier alpha value is -2.09. The highest BCUT2D eigenvalue weighted by atomic mass is 19.4. The van der Waals surface area contributed by atoms with E-state index in [0.717, 1.165) is 12.1 Å². The molecule has 2 heterocycles. The summed E-state index contributed by atoms with van der Waals surface area (Å²) in [6.45, 7) is 3.90. The zero-order chi connectivity index (χ0) is 19.8. The number of benzene rings is 1. The number of hydrogen-bond acceptors (Lipinski definition) is 3. The molecule has 5 nitrogen and oxygen atoms in total. The van der Waals surface area contributed by atoms with Gasteiger partial charge in [0.25, 0.3) is 0 Å². The number of nitrogens with one attached hydrogen (secondary N) is 1. The lowest BCUT2D eigenvalue weighted by atomic mass is 9.83. The Morgan fingerprint density at radius 2 is 1.89 bits per heavy atom. The number of alkyl halides is 3. The molecule has 148 valence electrons. The minimum Gasteiger partial charge on any atom is -0.340 e. The second-order valence-corrected chi connectivity index (χ2v) is 7.35. The number of rotatable bonds is 2. The van der Waals surface area contributed by atoms with Crippen molar-refractivity contribution in [2.45, 2.75) is 38.0 Å². The summed E-state index contributed by atoms with van der Waals surface area (Å²) >= 11 is 0. The van der Waals surface area contributed by atoms with Crippen LogP contribution in [0.15, 0.2) is 24.3 Å². The highest BCUT2D eigenvalue weighted by Gasteiger charge is 2.41. The molecule has 2 aliphatic heterocycles. The molecule has 8 heteroatoms. The number of amides is 2. The smallest absolute Gasteiger partial charge is 0.340 e. The highest BCUT2D eigenvalue weighted by molar-refractivity contribution is 5.85. The van der Waals surface area contributed by atoms with Crippen molar-refractivity contribution in [3.05, 3.63) is 35.4 Å². The largest absolute Gasteiger partial charge is 0.416 e. The molecule has 0 aliphatic carbocycles. The number of carbonyl (C=O) groups excluding carboxylic acids is 2. The molecule has 0 aromatic heterocycles. The normalized spacial score (nSPS) is 27.0. The molecule has 1 aromatic carbocycles. The fourth-order valence-electron chi connectivity index (χ4n) is 3.99. The maximum Gasteiger partial charge on any atom is 0.416 e. The lowest BCUT2D eigenvalue weighted by Gasteiger charge is -2.42. The predicted molar refractivity (Wildman–Crippen MR) is 93.7 cm³/mol. The van der Waals surface area contributed by atoms with Crippen LogP contribution in [-0.4, -0.2) is 54.3 Å².